The van der Waals surface area contributed by atoms with Gasteiger partial charge in [0.2, 0.25) is 0 Å². The topological polar surface area (TPSA) is 90.8 Å². The van der Waals surface area contributed by atoms with Crippen molar-refractivity contribution in [3.8, 4) is 0 Å². The molecule has 0 radical (unpaired) electrons. The van der Waals surface area contributed by atoms with Crippen molar-refractivity contribution < 1.29 is 18.3 Å². The number of rotatable bonds is 1. The molecular formula is C10H8N2O3S. The molecule has 1 unspecified atom stereocenters. The van der Waals surface area contributed by atoms with E-state index >= 15 is 0 Å². The third-order valence-electron chi connectivity index (χ3n) is 2.56. The normalized spacial score (nSPS) is 16.6. The molecule has 1 aliphatic carbocycles. The van der Waals surface area contributed by atoms with Crippen LogP contribution in [0.4, 0.5) is 0 Å². The van der Waals surface area contributed by atoms with E-state index in [1.54, 1.807) is 12.1 Å². The van der Waals surface area contributed by atoms with Crippen LogP contribution in [-0.4, -0.2) is 25.0 Å². The second-order valence-corrected chi connectivity index (χ2v) is 4.35. The molecule has 0 bridgehead atoms. The average Bonchev–Trinajstić information content (AvgIpc) is 2.29. The Morgan fingerprint density at radius 2 is 2.12 bits per heavy atom. The van der Waals surface area contributed by atoms with Crippen LogP contribution in [0.2, 0.25) is 0 Å². The highest BCUT2D eigenvalue weighted by atomic mass is 32.2. The summed E-state index contributed by atoms with van der Waals surface area (Å²) in [5, 5.41) is 0. The Balaban J connectivity index is 2.64. The molecule has 0 aliphatic heterocycles. The zero-order chi connectivity index (χ0) is 11.7. The van der Waals surface area contributed by atoms with Crippen molar-refractivity contribution in [2.45, 2.75) is 17.7 Å². The van der Waals surface area contributed by atoms with Gasteiger partial charge in [0.05, 0.1) is 11.3 Å². The lowest BCUT2D eigenvalue weighted by Crippen LogP contribution is -2.24. The highest BCUT2D eigenvalue weighted by molar-refractivity contribution is 7.79. The Bertz CT molecular complexity index is 547. The lowest BCUT2D eigenvalue weighted by atomic mass is 9.89. The number of Topliss-reactive ketones (excluding diaryl/α,β-unsaturated/α-hetero) is 1. The van der Waals surface area contributed by atoms with Crippen molar-refractivity contribution in [1.29, 1.82) is 0 Å². The van der Waals surface area contributed by atoms with Gasteiger partial charge in [0.25, 0.3) is 5.78 Å². The van der Waals surface area contributed by atoms with Crippen LogP contribution >= 0.6 is 0 Å². The summed E-state index contributed by atoms with van der Waals surface area (Å²) in [7, 11) is 0. The van der Waals surface area contributed by atoms with Gasteiger partial charge in [-0.3, -0.25) is 4.79 Å². The van der Waals surface area contributed by atoms with Gasteiger partial charge in [0.1, 0.15) is 0 Å². The largest absolute Gasteiger partial charge is 0.361 e. The van der Waals surface area contributed by atoms with Gasteiger partial charge in [-0.1, -0.05) is 12.1 Å². The fraction of sp³-hybridized carbons (Fsp3) is 0.200. The highest BCUT2D eigenvalue weighted by Gasteiger charge is 2.31. The van der Waals surface area contributed by atoms with Crippen molar-refractivity contribution in [2.24, 2.45) is 0 Å². The summed E-state index contributed by atoms with van der Waals surface area (Å²) in [6.45, 7) is 0. The van der Waals surface area contributed by atoms with E-state index < -0.39 is 11.1 Å². The summed E-state index contributed by atoms with van der Waals surface area (Å²) in [6.07, 6.45) is 0.722. The van der Waals surface area contributed by atoms with E-state index in [0.717, 1.165) is 0 Å². The smallest absolute Gasteiger partial charge is 0.339 e. The van der Waals surface area contributed by atoms with Crippen molar-refractivity contribution in [1.82, 2.24) is 0 Å². The van der Waals surface area contributed by atoms with Gasteiger partial charge in [0, 0.05) is 5.56 Å². The van der Waals surface area contributed by atoms with Crippen LogP contribution in [0.15, 0.2) is 23.1 Å². The van der Waals surface area contributed by atoms with E-state index in [0.29, 0.717) is 17.5 Å². The molecule has 2 rings (SSSR count). The van der Waals surface area contributed by atoms with Crippen molar-refractivity contribution in [3.63, 3.8) is 0 Å². The minimum atomic E-state index is -2.10. The van der Waals surface area contributed by atoms with Gasteiger partial charge in [0.15, 0.2) is 11.1 Å². The lowest BCUT2D eigenvalue weighted by molar-refractivity contribution is -0.00947. The molecule has 1 N–H and O–H groups in total. The summed E-state index contributed by atoms with van der Waals surface area (Å²) in [5.74, 6) is -0.379. The van der Waals surface area contributed by atoms with Crippen LogP contribution < -0.4 is 0 Å². The molecule has 1 aromatic rings. The monoisotopic (exact) mass is 236 g/mol. The van der Waals surface area contributed by atoms with E-state index in [4.69, 9.17) is 10.1 Å². The van der Waals surface area contributed by atoms with Crippen molar-refractivity contribution >= 4 is 22.6 Å². The predicted molar refractivity (Wildman–Crippen MR) is 56.8 cm³/mol. The van der Waals surface area contributed by atoms with Gasteiger partial charge < -0.3 is 10.1 Å². The molecule has 0 heterocycles. The minimum Gasteiger partial charge on any atom is -0.361 e. The number of hydrogen-bond donors (Lipinski definition) is 1. The number of fused-ring (bicyclic) bond motifs is 1. The number of nitrogens with zero attached hydrogens (tertiary/aromatic N) is 2. The molecule has 0 fully saturated rings. The first kappa shape index (κ1) is 10.9. The number of hydrogen-bond acceptors (Lipinski definition) is 2. The Kier molecular flexibility index (Phi) is 2.78. The van der Waals surface area contributed by atoms with Crippen LogP contribution in [0, 0.1) is 0 Å². The molecule has 82 valence electrons. The number of benzene rings is 1. The first-order valence-corrected chi connectivity index (χ1v) is 5.74. The Hall–Kier alpha value is -1.62. The second kappa shape index (κ2) is 4.09. The summed E-state index contributed by atoms with van der Waals surface area (Å²) < 4.78 is 20.1. The van der Waals surface area contributed by atoms with E-state index in [2.05, 4.69) is 4.79 Å². The van der Waals surface area contributed by atoms with Crippen LogP contribution in [-0.2, 0) is 17.5 Å². The average molecular weight is 236 g/mol. The maximum absolute atomic E-state index is 11.8. The number of carbonyl (C=O) groups is 1. The maximum Gasteiger partial charge on any atom is 0.339 e. The van der Waals surface area contributed by atoms with Gasteiger partial charge in [-0.25, -0.2) is 4.21 Å². The second-order valence-electron chi connectivity index (χ2n) is 3.41. The SMILES string of the molecule is [N-]=[N+]=C1CCc2c(cccc2S(=O)O)C1=O. The predicted octanol–water partition coefficient (Wildman–Crippen LogP) is 1.07. The zero-order valence-electron chi connectivity index (χ0n) is 8.21. The maximum atomic E-state index is 11.8. The molecule has 0 saturated heterocycles. The molecule has 16 heavy (non-hydrogen) atoms. The molecule has 0 saturated carbocycles. The quantitative estimate of drug-likeness (QED) is 0.449. The molecular weight excluding hydrogens is 228 g/mol. The molecule has 1 aliphatic rings. The van der Waals surface area contributed by atoms with Crippen LogP contribution in [0.3, 0.4) is 0 Å². The standard InChI is InChI=1S/C10H8N2O3S/c11-12-8-5-4-6-7(10(8)13)2-1-3-9(6)16(14)15/h1-3H,4-5H2,(H,14,15). The minimum absolute atomic E-state index is 0.0911. The Morgan fingerprint density at radius 3 is 2.75 bits per heavy atom. The molecule has 5 nitrogen and oxygen atoms in total. The first-order chi connectivity index (χ1) is 7.65. The van der Waals surface area contributed by atoms with E-state index in [1.807, 2.05) is 0 Å². The fourth-order valence-electron chi connectivity index (χ4n) is 1.81. The molecule has 1 atom stereocenters. The third-order valence-corrected chi connectivity index (χ3v) is 3.32. The summed E-state index contributed by atoms with van der Waals surface area (Å²) in [6, 6.07) is 4.63. The highest BCUT2D eigenvalue weighted by Crippen LogP contribution is 2.24. The zero-order valence-corrected chi connectivity index (χ0v) is 9.03. The summed E-state index contributed by atoms with van der Waals surface area (Å²) in [5.41, 5.74) is 9.63. The van der Waals surface area contributed by atoms with Gasteiger partial charge in [-0.15, -0.1) is 0 Å². The summed E-state index contributed by atoms with van der Waals surface area (Å²) >= 11 is -2.10. The van der Waals surface area contributed by atoms with Crippen LogP contribution in [0.25, 0.3) is 5.53 Å². The van der Waals surface area contributed by atoms with Crippen LogP contribution in [0.5, 0.6) is 0 Å². The molecule has 0 amide bonds. The van der Waals surface area contributed by atoms with Crippen molar-refractivity contribution in [3.05, 3.63) is 34.9 Å². The third kappa shape index (κ3) is 1.63. The van der Waals surface area contributed by atoms with Gasteiger partial charge in [-0.05, 0) is 18.1 Å². The molecule has 0 spiro atoms. The fourth-order valence-corrected chi connectivity index (χ4v) is 2.43. The van der Waals surface area contributed by atoms with Gasteiger partial charge >= 0.3 is 5.71 Å². The Labute approximate surface area is 94.0 Å². The lowest BCUT2D eigenvalue weighted by Gasteiger charge is -2.13. The molecule has 1 aromatic carbocycles. The van der Waals surface area contributed by atoms with Gasteiger partial charge in [-0.2, -0.15) is 4.79 Å². The summed E-state index contributed by atoms with van der Waals surface area (Å²) in [4.78, 5) is 14.9. The number of ketones is 1. The van der Waals surface area contributed by atoms with Crippen LogP contribution in [0.1, 0.15) is 22.3 Å². The first-order valence-electron chi connectivity index (χ1n) is 4.63. The molecule has 6 heteroatoms. The van der Waals surface area contributed by atoms with E-state index in [-0.39, 0.29) is 22.8 Å². The number of carbonyl (C=O) groups excluding carboxylic acids is 1. The Morgan fingerprint density at radius 1 is 1.38 bits per heavy atom. The van der Waals surface area contributed by atoms with Crippen molar-refractivity contribution in [2.75, 3.05) is 0 Å². The molecule has 0 aromatic heterocycles. The van der Waals surface area contributed by atoms with E-state index in [9.17, 15) is 9.00 Å². The van der Waals surface area contributed by atoms with E-state index in [1.165, 1.54) is 6.07 Å².